The fraction of sp³-hybridized carbons (Fsp3) is 0.400. The third-order valence-electron chi connectivity index (χ3n) is 5.88. The standard InChI is InChI=1S/C25H27NO4S/c1-16(2)25(27)26-8-10-29-24-18(13-26)11-17(12-22(24)30-19-7-9-28-14-19)21-15-31-23-6-4-3-5-20(21)23/h3-6,11-12,15-16,19H,7-10,13-14H2,1-2H3. The van der Waals surface area contributed by atoms with Crippen molar-refractivity contribution in [2.75, 3.05) is 26.4 Å². The van der Waals surface area contributed by atoms with Crippen LogP contribution in [0.15, 0.2) is 41.8 Å². The molecule has 3 aromatic rings. The van der Waals surface area contributed by atoms with Crippen LogP contribution in [-0.4, -0.2) is 43.3 Å². The second-order valence-corrected chi connectivity index (χ2v) is 9.39. The number of ether oxygens (including phenoxy) is 3. The van der Waals surface area contributed by atoms with Crippen LogP contribution in [-0.2, 0) is 16.1 Å². The molecule has 1 saturated heterocycles. The lowest BCUT2D eigenvalue weighted by molar-refractivity contribution is -0.135. The number of hydrogen-bond donors (Lipinski definition) is 0. The van der Waals surface area contributed by atoms with Gasteiger partial charge in [0.25, 0.3) is 0 Å². The molecule has 6 heteroatoms. The maximum Gasteiger partial charge on any atom is 0.225 e. The first-order valence-corrected chi connectivity index (χ1v) is 11.8. The Morgan fingerprint density at radius 2 is 2.10 bits per heavy atom. The van der Waals surface area contributed by atoms with Crippen molar-refractivity contribution in [3.63, 3.8) is 0 Å². The van der Waals surface area contributed by atoms with Gasteiger partial charge in [-0.1, -0.05) is 32.0 Å². The van der Waals surface area contributed by atoms with Crippen LogP contribution in [0.4, 0.5) is 0 Å². The Hall–Kier alpha value is -2.57. The Morgan fingerprint density at radius 1 is 1.23 bits per heavy atom. The number of rotatable bonds is 4. The molecule has 0 saturated carbocycles. The smallest absolute Gasteiger partial charge is 0.225 e. The summed E-state index contributed by atoms with van der Waals surface area (Å²) in [5.41, 5.74) is 3.27. The second kappa shape index (κ2) is 8.52. The molecule has 0 bridgehead atoms. The van der Waals surface area contributed by atoms with Crippen molar-refractivity contribution in [1.29, 1.82) is 0 Å². The van der Waals surface area contributed by atoms with Crippen molar-refractivity contribution in [3.8, 4) is 22.6 Å². The monoisotopic (exact) mass is 437 g/mol. The number of carbonyl (C=O) groups is 1. The molecule has 1 unspecified atom stereocenters. The van der Waals surface area contributed by atoms with Gasteiger partial charge >= 0.3 is 0 Å². The zero-order valence-corrected chi connectivity index (χ0v) is 18.7. The maximum atomic E-state index is 12.7. The third-order valence-corrected chi connectivity index (χ3v) is 6.84. The molecule has 162 valence electrons. The summed E-state index contributed by atoms with van der Waals surface area (Å²) in [4.78, 5) is 14.6. The van der Waals surface area contributed by atoms with E-state index >= 15 is 0 Å². The number of thiophene rings is 1. The summed E-state index contributed by atoms with van der Waals surface area (Å²) in [5, 5.41) is 3.43. The number of nitrogens with zero attached hydrogens (tertiary/aromatic N) is 1. The van der Waals surface area contributed by atoms with Gasteiger partial charge in [0.2, 0.25) is 5.91 Å². The fourth-order valence-electron chi connectivity index (χ4n) is 4.27. The van der Waals surface area contributed by atoms with E-state index in [4.69, 9.17) is 14.2 Å². The van der Waals surface area contributed by atoms with Gasteiger partial charge in [0.15, 0.2) is 11.5 Å². The summed E-state index contributed by atoms with van der Waals surface area (Å²) in [6.07, 6.45) is 0.900. The van der Waals surface area contributed by atoms with Gasteiger partial charge in [0.05, 0.1) is 19.8 Å². The molecule has 1 aromatic heterocycles. The Kier molecular flexibility index (Phi) is 5.59. The zero-order chi connectivity index (χ0) is 21.4. The van der Waals surface area contributed by atoms with Gasteiger partial charge in [-0.3, -0.25) is 4.79 Å². The summed E-state index contributed by atoms with van der Waals surface area (Å²) in [6.45, 7) is 6.77. The molecule has 5 nitrogen and oxygen atoms in total. The molecule has 5 rings (SSSR count). The SMILES string of the molecule is CC(C)C(=O)N1CCOc2c(cc(-c3csc4ccccc34)cc2OC2CCOC2)C1. The largest absolute Gasteiger partial charge is 0.487 e. The van der Waals surface area contributed by atoms with E-state index in [9.17, 15) is 4.79 Å². The van der Waals surface area contributed by atoms with Crippen LogP contribution in [0.1, 0.15) is 25.8 Å². The Morgan fingerprint density at radius 3 is 2.90 bits per heavy atom. The predicted molar refractivity (Wildman–Crippen MR) is 123 cm³/mol. The minimum Gasteiger partial charge on any atom is -0.487 e. The Bertz CT molecular complexity index is 1100. The van der Waals surface area contributed by atoms with Gasteiger partial charge in [-0.25, -0.2) is 0 Å². The first-order chi connectivity index (χ1) is 15.1. The number of amides is 1. The van der Waals surface area contributed by atoms with Gasteiger partial charge in [-0.05, 0) is 29.1 Å². The van der Waals surface area contributed by atoms with Crippen molar-refractivity contribution in [1.82, 2.24) is 4.90 Å². The molecule has 0 N–H and O–H groups in total. The first kappa shape index (κ1) is 20.3. The van der Waals surface area contributed by atoms with Crippen LogP contribution in [0.3, 0.4) is 0 Å². The first-order valence-electron chi connectivity index (χ1n) is 10.9. The van der Waals surface area contributed by atoms with Crippen LogP contribution < -0.4 is 9.47 Å². The molecule has 0 radical (unpaired) electrons. The van der Waals surface area contributed by atoms with Crippen molar-refractivity contribution in [3.05, 3.63) is 47.3 Å². The molecule has 2 aromatic carbocycles. The lowest BCUT2D eigenvalue weighted by atomic mass is 10.0. The van der Waals surface area contributed by atoms with Gasteiger partial charge in [0, 0.05) is 40.1 Å². The van der Waals surface area contributed by atoms with E-state index in [0.29, 0.717) is 26.3 Å². The number of carbonyl (C=O) groups excluding carboxylic acids is 1. The van der Waals surface area contributed by atoms with Gasteiger partial charge in [-0.2, -0.15) is 0 Å². The topological polar surface area (TPSA) is 48.0 Å². The van der Waals surface area contributed by atoms with E-state index in [1.807, 2.05) is 18.7 Å². The Labute approximate surface area is 186 Å². The van der Waals surface area contributed by atoms with Crippen molar-refractivity contribution in [2.24, 2.45) is 5.92 Å². The highest BCUT2D eigenvalue weighted by Crippen LogP contribution is 2.42. The number of hydrogen-bond acceptors (Lipinski definition) is 5. The van der Waals surface area contributed by atoms with Crippen molar-refractivity contribution in [2.45, 2.75) is 32.9 Å². The average molecular weight is 438 g/mol. The van der Waals surface area contributed by atoms with E-state index in [0.717, 1.165) is 35.7 Å². The van der Waals surface area contributed by atoms with E-state index in [1.165, 1.54) is 15.6 Å². The van der Waals surface area contributed by atoms with E-state index < -0.39 is 0 Å². The molecule has 2 aliphatic heterocycles. The quantitative estimate of drug-likeness (QED) is 0.569. The molecular weight excluding hydrogens is 410 g/mol. The van der Waals surface area contributed by atoms with Crippen LogP contribution in [0.2, 0.25) is 0 Å². The molecular formula is C25H27NO4S. The minimum absolute atomic E-state index is 0.0267. The summed E-state index contributed by atoms with van der Waals surface area (Å²) in [6, 6.07) is 12.7. The molecule has 0 aliphatic carbocycles. The van der Waals surface area contributed by atoms with E-state index in [1.54, 1.807) is 11.3 Å². The fourth-order valence-corrected chi connectivity index (χ4v) is 5.24. The van der Waals surface area contributed by atoms with Gasteiger partial charge in [0.1, 0.15) is 12.7 Å². The highest BCUT2D eigenvalue weighted by atomic mass is 32.1. The van der Waals surface area contributed by atoms with Crippen LogP contribution in [0, 0.1) is 5.92 Å². The summed E-state index contributed by atoms with van der Waals surface area (Å²) >= 11 is 1.74. The van der Waals surface area contributed by atoms with Gasteiger partial charge in [-0.15, -0.1) is 11.3 Å². The summed E-state index contributed by atoms with van der Waals surface area (Å²) in [5.74, 6) is 1.61. The second-order valence-electron chi connectivity index (χ2n) is 8.47. The number of benzene rings is 2. The summed E-state index contributed by atoms with van der Waals surface area (Å²) in [7, 11) is 0. The molecule has 0 spiro atoms. The molecule has 3 heterocycles. The van der Waals surface area contributed by atoms with Crippen molar-refractivity contribution >= 4 is 27.3 Å². The lowest BCUT2D eigenvalue weighted by Gasteiger charge is -2.22. The normalized spacial score (nSPS) is 18.7. The Balaban J connectivity index is 1.60. The van der Waals surface area contributed by atoms with E-state index in [2.05, 4.69) is 41.8 Å². The van der Waals surface area contributed by atoms with Crippen LogP contribution in [0.5, 0.6) is 11.5 Å². The predicted octanol–water partition coefficient (Wildman–Crippen LogP) is 5.11. The van der Waals surface area contributed by atoms with Gasteiger partial charge < -0.3 is 19.1 Å². The van der Waals surface area contributed by atoms with Crippen LogP contribution in [0.25, 0.3) is 21.2 Å². The summed E-state index contributed by atoms with van der Waals surface area (Å²) < 4.78 is 19.3. The third kappa shape index (κ3) is 4.02. The molecule has 31 heavy (non-hydrogen) atoms. The lowest BCUT2D eigenvalue weighted by Crippen LogP contribution is -2.35. The molecule has 1 fully saturated rings. The van der Waals surface area contributed by atoms with Crippen LogP contribution >= 0.6 is 11.3 Å². The van der Waals surface area contributed by atoms with Crippen molar-refractivity contribution < 1.29 is 19.0 Å². The molecule has 2 aliphatic rings. The number of fused-ring (bicyclic) bond motifs is 2. The highest BCUT2D eigenvalue weighted by Gasteiger charge is 2.27. The maximum absolute atomic E-state index is 12.7. The zero-order valence-electron chi connectivity index (χ0n) is 17.9. The molecule has 1 amide bonds. The average Bonchev–Trinajstić information content (AvgIpc) is 3.38. The van der Waals surface area contributed by atoms with E-state index in [-0.39, 0.29) is 17.9 Å². The molecule has 1 atom stereocenters. The minimum atomic E-state index is -0.0445. The highest BCUT2D eigenvalue weighted by molar-refractivity contribution is 7.17.